The van der Waals surface area contributed by atoms with E-state index in [-0.39, 0.29) is 23.7 Å². The third-order valence-corrected chi connectivity index (χ3v) is 5.31. The number of amides is 1. The van der Waals surface area contributed by atoms with Gasteiger partial charge in [-0.1, -0.05) is 30.3 Å². The third kappa shape index (κ3) is 5.15. The van der Waals surface area contributed by atoms with Crippen molar-refractivity contribution in [2.75, 3.05) is 26.8 Å². The van der Waals surface area contributed by atoms with Crippen LogP contribution in [0.3, 0.4) is 0 Å². The zero-order valence-electron chi connectivity index (χ0n) is 17.0. The van der Waals surface area contributed by atoms with Gasteiger partial charge < -0.3 is 20.1 Å². The summed E-state index contributed by atoms with van der Waals surface area (Å²) in [6.45, 7) is 3.14. The van der Waals surface area contributed by atoms with E-state index in [2.05, 4.69) is 12.1 Å². The number of nitrogens with zero attached hydrogens (tertiary/aromatic N) is 1. The molecular formula is C23H28N2O4. The minimum atomic E-state index is -0.0401. The number of Topliss-reactive ketones (excluding diaryl/α,β-unsaturated/α-hetero) is 1. The van der Waals surface area contributed by atoms with E-state index in [0.29, 0.717) is 49.6 Å². The lowest BCUT2D eigenvalue weighted by Gasteiger charge is -2.17. The number of hydrogen-bond donors (Lipinski definition) is 1. The zero-order valence-corrected chi connectivity index (χ0v) is 17.0. The highest BCUT2D eigenvalue weighted by molar-refractivity contribution is 5.94. The maximum atomic E-state index is 12.6. The van der Waals surface area contributed by atoms with Gasteiger partial charge in [-0.05, 0) is 37.1 Å². The minimum absolute atomic E-state index is 0.0296. The minimum Gasteiger partial charge on any atom is -0.493 e. The highest BCUT2D eigenvalue weighted by Crippen LogP contribution is 2.29. The van der Waals surface area contributed by atoms with Crippen molar-refractivity contribution < 1.29 is 19.1 Å². The Labute approximate surface area is 171 Å². The molecule has 2 atom stereocenters. The van der Waals surface area contributed by atoms with Gasteiger partial charge in [0, 0.05) is 37.0 Å². The maximum absolute atomic E-state index is 12.6. The molecule has 0 aromatic heterocycles. The van der Waals surface area contributed by atoms with Crippen LogP contribution < -0.4 is 15.2 Å². The molecule has 1 heterocycles. The lowest BCUT2D eigenvalue weighted by atomic mass is 9.95. The second-order valence-corrected chi connectivity index (χ2v) is 7.35. The summed E-state index contributed by atoms with van der Waals surface area (Å²) in [7, 11) is 1.54. The fourth-order valence-corrected chi connectivity index (χ4v) is 3.66. The second kappa shape index (κ2) is 9.56. The molecule has 2 N–H and O–H groups in total. The van der Waals surface area contributed by atoms with Crippen LogP contribution in [0.15, 0.2) is 48.5 Å². The van der Waals surface area contributed by atoms with Gasteiger partial charge in [0.1, 0.15) is 0 Å². The number of ketones is 1. The fraction of sp³-hybridized carbons (Fsp3) is 0.391. The van der Waals surface area contributed by atoms with Crippen LogP contribution in [0.4, 0.5) is 0 Å². The van der Waals surface area contributed by atoms with Gasteiger partial charge in [0.05, 0.1) is 13.7 Å². The first kappa shape index (κ1) is 20.9. The van der Waals surface area contributed by atoms with Crippen molar-refractivity contribution in [2.45, 2.75) is 31.7 Å². The first-order valence-corrected chi connectivity index (χ1v) is 9.89. The molecule has 6 nitrogen and oxygen atoms in total. The van der Waals surface area contributed by atoms with Crippen molar-refractivity contribution in [1.29, 1.82) is 0 Å². The van der Waals surface area contributed by atoms with Gasteiger partial charge >= 0.3 is 0 Å². The predicted molar refractivity (Wildman–Crippen MR) is 111 cm³/mol. The molecule has 2 aromatic carbocycles. The van der Waals surface area contributed by atoms with E-state index in [1.54, 1.807) is 18.2 Å². The highest BCUT2D eigenvalue weighted by Gasteiger charge is 2.33. The maximum Gasteiger partial charge on any atom is 0.222 e. The number of carbonyl (C=O) groups excluding carboxylic acids is 2. The number of rotatable bonds is 8. The summed E-state index contributed by atoms with van der Waals surface area (Å²) in [6, 6.07) is 15.2. The Morgan fingerprint density at radius 1 is 1.10 bits per heavy atom. The molecular weight excluding hydrogens is 368 g/mol. The molecule has 154 valence electrons. The third-order valence-electron chi connectivity index (χ3n) is 5.31. The van der Waals surface area contributed by atoms with Gasteiger partial charge in [0.25, 0.3) is 0 Å². The summed E-state index contributed by atoms with van der Waals surface area (Å²) in [6.07, 6.45) is 1.00. The average Bonchev–Trinajstić information content (AvgIpc) is 3.13. The molecule has 0 radical (unpaired) electrons. The van der Waals surface area contributed by atoms with E-state index in [1.807, 2.05) is 23.1 Å². The van der Waals surface area contributed by atoms with Gasteiger partial charge in [-0.15, -0.1) is 0 Å². The molecule has 1 saturated heterocycles. The topological polar surface area (TPSA) is 81.9 Å². The summed E-state index contributed by atoms with van der Waals surface area (Å²) < 4.78 is 11.1. The van der Waals surface area contributed by atoms with Crippen molar-refractivity contribution in [2.24, 2.45) is 5.73 Å². The Morgan fingerprint density at radius 3 is 2.55 bits per heavy atom. The zero-order chi connectivity index (χ0) is 20.8. The van der Waals surface area contributed by atoms with Crippen LogP contribution >= 0.6 is 0 Å². The highest BCUT2D eigenvalue weighted by atomic mass is 16.5. The van der Waals surface area contributed by atoms with E-state index in [4.69, 9.17) is 15.2 Å². The number of hydrogen-bond acceptors (Lipinski definition) is 5. The molecule has 3 rings (SSSR count). The fourth-order valence-electron chi connectivity index (χ4n) is 3.66. The van der Waals surface area contributed by atoms with Crippen LogP contribution in [0, 0.1) is 0 Å². The van der Waals surface area contributed by atoms with Gasteiger partial charge in [0.15, 0.2) is 17.3 Å². The monoisotopic (exact) mass is 396 g/mol. The van der Waals surface area contributed by atoms with Crippen molar-refractivity contribution >= 4 is 11.7 Å². The largest absolute Gasteiger partial charge is 0.493 e. The Hall–Kier alpha value is -2.86. The SMILES string of the molecule is COc1cc(C(C)=O)ccc1OCCCC(=O)N1C[C@@H](N)[C@H](c2ccccc2)C1. The number of benzene rings is 2. The van der Waals surface area contributed by atoms with Crippen LogP contribution in [0.25, 0.3) is 0 Å². The van der Waals surface area contributed by atoms with E-state index in [0.717, 1.165) is 0 Å². The second-order valence-electron chi connectivity index (χ2n) is 7.35. The molecule has 6 heteroatoms. The Morgan fingerprint density at radius 2 is 1.86 bits per heavy atom. The number of carbonyl (C=O) groups is 2. The normalized spacial score (nSPS) is 18.5. The van der Waals surface area contributed by atoms with Crippen molar-refractivity contribution in [3.63, 3.8) is 0 Å². The van der Waals surface area contributed by atoms with Crippen LogP contribution in [-0.2, 0) is 4.79 Å². The van der Waals surface area contributed by atoms with Crippen LogP contribution in [0.5, 0.6) is 11.5 Å². The predicted octanol–water partition coefficient (Wildman–Crippen LogP) is 3.01. The van der Waals surface area contributed by atoms with Crippen molar-refractivity contribution in [3.05, 3.63) is 59.7 Å². The summed E-state index contributed by atoms with van der Waals surface area (Å²) in [5.41, 5.74) is 8.03. The number of ether oxygens (including phenoxy) is 2. The van der Waals surface area contributed by atoms with Gasteiger partial charge in [-0.2, -0.15) is 0 Å². The van der Waals surface area contributed by atoms with Gasteiger partial charge in [0.2, 0.25) is 5.91 Å². The van der Waals surface area contributed by atoms with Crippen molar-refractivity contribution in [1.82, 2.24) is 4.90 Å². The van der Waals surface area contributed by atoms with Crippen LogP contribution in [0.1, 0.15) is 41.6 Å². The smallest absolute Gasteiger partial charge is 0.222 e. The summed E-state index contributed by atoms with van der Waals surface area (Å²) in [5.74, 6) is 1.33. The Kier molecular flexibility index (Phi) is 6.88. The van der Waals surface area contributed by atoms with Gasteiger partial charge in [-0.3, -0.25) is 9.59 Å². The average molecular weight is 396 g/mol. The quantitative estimate of drug-likeness (QED) is 0.548. The molecule has 1 aliphatic rings. The summed E-state index contributed by atoms with van der Waals surface area (Å²) in [4.78, 5) is 25.9. The summed E-state index contributed by atoms with van der Waals surface area (Å²) >= 11 is 0. The first-order chi connectivity index (χ1) is 14.0. The van der Waals surface area contributed by atoms with Gasteiger partial charge in [-0.25, -0.2) is 0 Å². The van der Waals surface area contributed by atoms with E-state index in [9.17, 15) is 9.59 Å². The molecule has 0 saturated carbocycles. The molecule has 0 bridgehead atoms. The lowest BCUT2D eigenvalue weighted by molar-refractivity contribution is -0.130. The molecule has 29 heavy (non-hydrogen) atoms. The molecule has 0 aliphatic carbocycles. The number of likely N-dealkylation sites (tertiary alicyclic amines) is 1. The van der Waals surface area contributed by atoms with E-state index in [1.165, 1.54) is 19.6 Å². The summed E-state index contributed by atoms with van der Waals surface area (Å²) in [5, 5.41) is 0. The molecule has 0 unspecified atom stereocenters. The Bertz CT molecular complexity index is 853. The molecule has 1 amide bonds. The van der Waals surface area contributed by atoms with E-state index >= 15 is 0 Å². The van der Waals surface area contributed by atoms with Crippen LogP contribution in [-0.4, -0.2) is 49.4 Å². The molecule has 0 spiro atoms. The number of methoxy groups -OCH3 is 1. The van der Waals surface area contributed by atoms with E-state index < -0.39 is 0 Å². The lowest BCUT2D eigenvalue weighted by Crippen LogP contribution is -2.32. The number of nitrogens with two attached hydrogens (primary N) is 1. The molecule has 2 aromatic rings. The first-order valence-electron chi connectivity index (χ1n) is 9.89. The molecule has 1 fully saturated rings. The van der Waals surface area contributed by atoms with Crippen LogP contribution in [0.2, 0.25) is 0 Å². The standard InChI is InChI=1S/C23H28N2O4/c1-16(26)18-10-11-21(22(13-18)28-2)29-12-6-9-23(27)25-14-19(20(24)15-25)17-7-4-3-5-8-17/h3-5,7-8,10-11,13,19-20H,6,9,12,14-15,24H2,1-2H3/t19-,20+/m0/s1. The molecule has 1 aliphatic heterocycles. The Balaban J connectivity index is 1.48. The van der Waals surface area contributed by atoms with Crippen molar-refractivity contribution in [3.8, 4) is 11.5 Å².